The molecule has 5 nitrogen and oxygen atoms in total. The Morgan fingerprint density at radius 3 is 3.20 bits per heavy atom. The van der Waals surface area contributed by atoms with Gasteiger partial charge in [0, 0.05) is 19.7 Å². The maximum Gasteiger partial charge on any atom is 0.216 e. The minimum atomic E-state index is 0.232. The van der Waals surface area contributed by atoms with Gasteiger partial charge in [0.2, 0.25) is 5.88 Å². The molecule has 2 heterocycles. The van der Waals surface area contributed by atoms with Crippen LogP contribution in [0.4, 0.5) is 0 Å². The number of methoxy groups -OCH3 is 1. The normalized spacial score (nSPS) is 20.5. The van der Waals surface area contributed by atoms with Crippen LogP contribution in [0, 0.1) is 0 Å². The lowest BCUT2D eigenvalue weighted by Crippen LogP contribution is -2.20. The Hall–Kier alpha value is -1.20. The average Bonchev–Trinajstić information content (AvgIpc) is 2.71. The van der Waals surface area contributed by atoms with E-state index >= 15 is 0 Å². The number of nitrogens with zero attached hydrogens (tertiary/aromatic N) is 2. The first kappa shape index (κ1) is 10.3. The summed E-state index contributed by atoms with van der Waals surface area (Å²) in [7, 11) is 1.64. The fourth-order valence-corrected chi connectivity index (χ4v) is 1.57. The molecule has 1 atom stereocenters. The summed E-state index contributed by atoms with van der Waals surface area (Å²) >= 11 is 0. The van der Waals surface area contributed by atoms with E-state index in [-0.39, 0.29) is 6.10 Å². The van der Waals surface area contributed by atoms with Crippen molar-refractivity contribution < 1.29 is 9.47 Å². The Kier molecular flexibility index (Phi) is 3.47. The van der Waals surface area contributed by atoms with Gasteiger partial charge in [0.15, 0.2) is 0 Å². The molecule has 5 heteroatoms. The first-order valence-electron chi connectivity index (χ1n) is 5.05. The predicted octanol–water partition coefficient (Wildman–Crippen LogP) is 0.364. The van der Waals surface area contributed by atoms with Crippen LogP contribution in [0.25, 0.3) is 0 Å². The van der Waals surface area contributed by atoms with Crippen molar-refractivity contribution in [1.29, 1.82) is 0 Å². The third-order valence-corrected chi connectivity index (χ3v) is 2.29. The molecule has 0 spiro atoms. The Balaban J connectivity index is 1.97. The highest BCUT2D eigenvalue weighted by atomic mass is 16.5. The highest BCUT2D eigenvalue weighted by molar-refractivity contribution is 5.13. The third kappa shape index (κ3) is 2.87. The fraction of sp³-hybridized carbons (Fsp3) is 0.600. The van der Waals surface area contributed by atoms with E-state index in [4.69, 9.17) is 9.47 Å². The number of aromatic nitrogens is 2. The molecule has 15 heavy (non-hydrogen) atoms. The van der Waals surface area contributed by atoms with Gasteiger partial charge in [-0.2, -0.15) is 0 Å². The van der Waals surface area contributed by atoms with Crippen LogP contribution in [0.3, 0.4) is 0 Å². The molecule has 1 saturated heterocycles. The van der Waals surface area contributed by atoms with E-state index in [0.717, 1.165) is 25.2 Å². The van der Waals surface area contributed by atoms with Gasteiger partial charge in [-0.15, -0.1) is 0 Å². The van der Waals surface area contributed by atoms with Crippen LogP contribution in [0.2, 0.25) is 0 Å². The summed E-state index contributed by atoms with van der Waals surface area (Å²) in [5.74, 6) is 0.630. The summed E-state index contributed by atoms with van der Waals surface area (Å²) < 4.78 is 10.7. The van der Waals surface area contributed by atoms with E-state index in [0.29, 0.717) is 12.5 Å². The predicted molar refractivity (Wildman–Crippen MR) is 54.6 cm³/mol. The van der Waals surface area contributed by atoms with Gasteiger partial charge in [0.1, 0.15) is 12.4 Å². The molecule has 0 radical (unpaired) electrons. The molecule has 2 rings (SSSR count). The van der Waals surface area contributed by atoms with Gasteiger partial charge in [0.05, 0.1) is 12.3 Å². The Morgan fingerprint density at radius 1 is 1.53 bits per heavy atom. The van der Waals surface area contributed by atoms with Crippen molar-refractivity contribution in [1.82, 2.24) is 15.3 Å². The van der Waals surface area contributed by atoms with Gasteiger partial charge in [0.25, 0.3) is 0 Å². The number of ether oxygens (including phenoxy) is 2. The van der Waals surface area contributed by atoms with Crippen LogP contribution in [0.5, 0.6) is 5.88 Å². The van der Waals surface area contributed by atoms with Crippen molar-refractivity contribution >= 4 is 0 Å². The fourth-order valence-electron chi connectivity index (χ4n) is 1.57. The smallest absolute Gasteiger partial charge is 0.216 e. The van der Waals surface area contributed by atoms with E-state index < -0.39 is 0 Å². The molecule has 1 N–H and O–H groups in total. The lowest BCUT2D eigenvalue weighted by molar-refractivity contribution is 0.178. The quantitative estimate of drug-likeness (QED) is 0.776. The van der Waals surface area contributed by atoms with E-state index in [9.17, 15) is 0 Å². The molecular weight excluding hydrogens is 194 g/mol. The van der Waals surface area contributed by atoms with Gasteiger partial charge in [-0.25, -0.2) is 9.97 Å². The van der Waals surface area contributed by atoms with E-state index in [1.165, 1.54) is 6.33 Å². The second kappa shape index (κ2) is 5.04. The third-order valence-electron chi connectivity index (χ3n) is 2.29. The van der Waals surface area contributed by atoms with Gasteiger partial charge >= 0.3 is 0 Å². The lowest BCUT2D eigenvalue weighted by atomic mass is 10.3. The Labute approximate surface area is 88.8 Å². The zero-order valence-electron chi connectivity index (χ0n) is 8.77. The molecule has 0 aliphatic carbocycles. The van der Waals surface area contributed by atoms with Gasteiger partial charge in [-0.1, -0.05) is 0 Å². The van der Waals surface area contributed by atoms with E-state index in [1.54, 1.807) is 7.11 Å². The molecule has 1 aliphatic rings. The highest BCUT2D eigenvalue weighted by Crippen LogP contribution is 2.12. The zero-order chi connectivity index (χ0) is 10.5. The molecule has 1 fully saturated rings. The first-order valence-corrected chi connectivity index (χ1v) is 5.05. The topological polar surface area (TPSA) is 56.3 Å². The van der Waals surface area contributed by atoms with Gasteiger partial charge in [-0.3, -0.25) is 0 Å². The summed E-state index contributed by atoms with van der Waals surface area (Å²) in [4.78, 5) is 8.14. The second-order valence-corrected chi connectivity index (χ2v) is 3.51. The minimum Gasteiger partial charge on any atom is -0.473 e. The minimum absolute atomic E-state index is 0.232. The Morgan fingerprint density at radius 2 is 2.47 bits per heavy atom. The van der Waals surface area contributed by atoms with Crippen molar-refractivity contribution in [3.05, 3.63) is 18.1 Å². The molecule has 0 saturated carbocycles. The SMILES string of the molecule is COCc1cc(O[C@@H]2CCNC2)ncn1. The maximum absolute atomic E-state index is 5.69. The molecule has 0 unspecified atom stereocenters. The zero-order valence-corrected chi connectivity index (χ0v) is 8.77. The largest absolute Gasteiger partial charge is 0.473 e. The van der Waals surface area contributed by atoms with Gasteiger partial charge < -0.3 is 14.8 Å². The molecule has 1 aromatic heterocycles. The summed E-state index contributed by atoms with van der Waals surface area (Å²) in [6.45, 7) is 2.39. The van der Waals surface area contributed by atoms with Crippen LogP contribution >= 0.6 is 0 Å². The second-order valence-electron chi connectivity index (χ2n) is 3.51. The molecule has 0 aromatic carbocycles. The van der Waals surface area contributed by atoms with Crippen LogP contribution in [0.15, 0.2) is 12.4 Å². The van der Waals surface area contributed by atoms with Crippen molar-refractivity contribution in [3.63, 3.8) is 0 Å². The highest BCUT2D eigenvalue weighted by Gasteiger charge is 2.16. The number of rotatable bonds is 4. The molecule has 1 aliphatic heterocycles. The summed E-state index contributed by atoms with van der Waals surface area (Å²) in [6, 6.07) is 1.82. The molecule has 0 amide bonds. The molecular formula is C10H15N3O2. The van der Waals surface area contributed by atoms with Gasteiger partial charge in [-0.05, 0) is 13.0 Å². The van der Waals surface area contributed by atoms with Crippen molar-refractivity contribution in [3.8, 4) is 5.88 Å². The maximum atomic E-state index is 5.69. The van der Waals surface area contributed by atoms with E-state index in [1.807, 2.05) is 6.07 Å². The van der Waals surface area contributed by atoms with Crippen LogP contribution < -0.4 is 10.1 Å². The average molecular weight is 209 g/mol. The lowest BCUT2D eigenvalue weighted by Gasteiger charge is -2.11. The summed E-state index contributed by atoms with van der Waals surface area (Å²) in [5, 5.41) is 3.24. The first-order chi connectivity index (χ1) is 7.38. The van der Waals surface area contributed by atoms with Crippen molar-refractivity contribution in [2.75, 3.05) is 20.2 Å². The Bertz CT molecular complexity index is 313. The van der Waals surface area contributed by atoms with Crippen molar-refractivity contribution in [2.24, 2.45) is 0 Å². The summed E-state index contributed by atoms with van der Waals surface area (Å²) in [6.07, 6.45) is 2.77. The number of hydrogen-bond acceptors (Lipinski definition) is 5. The molecule has 1 aromatic rings. The number of hydrogen-bond donors (Lipinski definition) is 1. The molecule has 82 valence electrons. The monoisotopic (exact) mass is 209 g/mol. The standard InChI is InChI=1S/C10H15N3O2/c1-14-6-8-4-10(13-7-12-8)15-9-2-3-11-5-9/h4,7,9,11H,2-3,5-6H2,1H3/t9-/m1/s1. The van der Waals surface area contributed by atoms with E-state index in [2.05, 4.69) is 15.3 Å². The van der Waals surface area contributed by atoms with Crippen LogP contribution in [-0.2, 0) is 11.3 Å². The number of nitrogens with one attached hydrogen (secondary N) is 1. The van der Waals surface area contributed by atoms with Crippen LogP contribution in [0.1, 0.15) is 12.1 Å². The van der Waals surface area contributed by atoms with Crippen LogP contribution in [-0.4, -0.2) is 36.3 Å². The summed E-state index contributed by atoms with van der Waals surface area (Å²) in [5.41, 5.74) is 0.841. The van der Waals surface area contributed by atoms with Crippen molar-refractivity contribution in [2.45, 2.75) is 19.1 Å². The molecule has 0 bridgehead atoms.